The highest BCUT2D eigenvalue weighted by molar-refractivity contribution is 9.10. The summed E-state index contributed by atoms with van der Waals surface area (Å²) in [5.41, 5.74) is 0.213. The van der Waals surface area contributed by atoms with Gasteiger partial charge in [0.25, 0.3) is 10.0 Å². The van der Waals surface area contributed by atoms with Crippen molar-refractivity contribution in [1.29, 1.82) is 0 Å². The van der Waals surface area contributed by atoms with Crippen LogP contribution in [0.15, 0.2) is 45.8 Å². The lowest BCUT2D eigenvalue weighted by molar-refractivity contribution is 0.601. The van der Waals surface area contributed by atoms with Crippen molar-refractivity contribution in [2.75, 3.05) is 4.72 Å². The average Bonchev–Trinajstić information content (AvgIpc) is 2.38. The van der Waals surface area contributed by atoms with E-state index >= 15 is 0 Å². The van der Waals surface area contributed by atoms with Crippen LogP contribution in [0.25, 0.3) is 0 Å². The van der Waals surface area contributed by atoms with E-state index in [2.05, 4.69) is 20.7 Å². The fourth-order valence-electron chi connectivity index (χ4n) is 1.43. The molecule has 2 aromatic rings. The molecule has 1 N–H and O–H groups in total. The van der Waals surface area contributed by atoms with Gasteiger partial charge in [0.05, 0.1) is 25.7 Å². The van der Waals surface area contributed by atoms with E-state index in [1.54, 1.807) is 12.1 Å². The lowest BCUT2D eigenvalue weighted by Crippen LogP contribution is -2.13. The number of anilines is 1. The maximum absolute atomic E-state index is 12.3. The maximum Gasteiger partial charge on any atom is 0.261 e. The second kappa shape index (κ2) is 6.12. The normalized spacial score (nSPS) is 11.4. The number of halogens is 4. The molecule has 8 heteroatoms. The molecule has 0 aromatic heterocycles. The molecule has 0 aliphatic carbocycles. The van der Waals surface area contributed by atoms with Crippen molar-refractivity contribution in [3.8, 4) is 0 Å². The van der Waals surface area contributed by atoms with Gasteiger partial charge < -0.3 is 0 Å². The van der Waals surface area contributed by atoms with Gasteiger partial charge in [-0.3, -0.25) is 4.72 Å². The molecule has 0 unspecified atom stereocenters. The number of sulfonamides is 1. The summed E-state index contributed by atoms with van der Waals surface area (Å²) < 4.78 is 27.4. The van der Waals surface area contributed by atoms with Crippen molar-refractivity contribution < 1.29 is 8.42 Å². The van der Waals surface area contributed by atoms with Crippen LogP contribution in [0.4, 0.5) is 5.69 Å². The molecule has 0 fully saturated rings. The van der Waals surface area contributed by atoms with Crippen molar-refractivity contribution in [2.24, 2.45) is 0 Å². The molecular weight excluding hydrogens is 408 g/mol. The first-order valence-corrected chi connectivity index (χ1v) is 8.64. The van der Waals surface area contributed by atoms with Crippen molar-refractivity contribution in [1.82, 2.24) is 0 Å². The Balaban J connectivity index is 2.41. The third-order valence-electron chi connectivity index (χ3n) is 2.40. The highest BCUT2D eigenvalue weighted by atomic mass is 79.9. The highest BCUT2D eigenvalue weighted by Crippen LogP contribution is 2.32. The zero-order valence-corrected chi connectivity index (χ0v) is 14.4. The summed E-state index contributed by atoms with van der Waals surface area (Å²) in [5.74, 6) is 0. The third-order valence-corrected chi connectivity index (χ3v) is 5.79. The molecule has 106 valence electrons. The smallest absolute Gasteiger partial charge is 0.261 e. The molecule has 0 atom stereocenters. The number of hydrogen-bond donors (Lipinski definition) is 1. The first-order chi connectivity index (χ1) is 9.31. The SMILES string of the molecule is O=S(=O)(Nc1cccc(Cl)c1Cl)c1ccc(Cl)c(Br)c1. The van der Waals surface area contributed by atoms with Gasteiger partial charge in [-0.05, 0) is 46.3 Å². The van der Waals surface area contributed by atoms with Crippen LogP contribution in [-0.4, -0.2) is 8.42 Å². The van der Waals surface area contributed by atoms with Crippen LogP contribution in [0.1, 0.15) is 0 Å². The summed E-state index contributed by atoms with van der Waals surface area (Å²) in [6.07, 6.45) is 0. The van der Waals surface area contributed by atoms with E-state index in [-0.39, 0.29) is 20.6 Å². The second-order valence-electron chi connectivity index (χ2n) is 3.78. The fourth-order valence-corrected chi connectivity index (χ4v) is 3.58. The summed E-state index contributed by atoms with van der Waals surface area (Å²) in [6, 6.07) is 8.98. The molecule has 0 radical (unpaired) electrons. The van der Waals surface area contributed by atoms with Gasteiger partial charge in [-0.2, -0.15) is 0 Å². The molecule has 3 nitrogen and oxygen atoms in total. The minimum atomic E-state index is -3.77. The summed E-state index contributed by atoms with van der Waals surface area (Å²) in [5, 5.41) is 0.833. The van der Waals surface area contributed by atoms with Crippen LogP contribution in [0.5, 0.6) is 0 Å². The Morgan fingerprint density at radius 2 is 1.70 bits per heavy atom. The summed E-state index contributed by atoms with van der Waals surface area (Å²) in [4.78, 5) is 0.0600. The molecule has 0 heterocycles. The lowest BCUT2D eigenvalue weighted by Gasteiger charge is -2.11. The van der Waals surface area contributed by atoms with Gasteiger partial charge in [-0.25, -0.2) is 8.42 Å². The average molecular weight is 416 g/mol. The number of rotatable bonds is 3. The summed E-state index contributed by atoms with van der Waals surface area (Å²) >= 11 is 20.8. The first-order valence-electron chi connectivity index (χ1n) is 5.23. The molecule has 0 aliphatic heterocycles. The fraction of sp³-hybridized carbons (Fsp3) is 0. The van der Waals surface area contributed by atoms with Crippen LogP contribution in [-0.2, 0) is 10.0 Å². The van der Waals surface area contributed by atoms with Gasteiger partial charge in [-0.15, -0.1) is 0 Å². The van der Waals surface area contributed by atoms with Gasteiger partial charge >= 0.3 is 0 Å². The minimum absolute atomic E-state index is 0.0600. The molecule has 20 heavy (non-hydrogen) atoms. The number of nitrogens with one attached hydrogen (secondary N) is 1. The zero-order chi connectivity index (χ0) is 14.9. The van der Waals surface area contributed by atoms with Gasteiger partial charge in [-0.1, -0.05) is 40.9 Å². The topological polar surface area (TPSA) is 46.2 Å². The number of benzene rings is 2. The van der Waals surface area contributed by atoms with Crippen LogP contribution >= 0.6 is 50.7 Å². The quantitative estimate of drug-likeness (QED) is 0.748. The Morgan fingerprint density at radius 3 is 2.35 bits per heavy atom. The van der Waals surface area contributed by atoms with Gasteiger partial charge in [0.2, 0.25) is 0 Å². The molecule has 0 amide bonds. The van der Waals surface area contributed by atoms with E-state index in [0.29, 0.717) is 9.50 Å². The van der Waals surface area contributed by atoms with Crippen molar-refractivity contribution in [2.45, 2.75) is 4.90 Å². The molecule has 0 saturated carbocycles. The lowest BCUT2D eigenvalue weighted by atomic mass is 10.3. The van der Waals surface area contributed by atoms with Crippen LogP contribution < -0.4 is 4.72 Å². The predicted octanol–water partition coefficient (Wildman–Crippen LogP) is 5.21. The van der Waals surface area contributed by atoms with E-state index in [0.717, 1.165) is 0 Å². The largest absolute Gasteiger partial charge is 0.278 e. The predicted molar refractivity (Wildman–Crippen MR) is 86.4 cm³/mol. The van der Waals surface area contributed by atoms with Crippen molar-refractivity contribution >= 4 is 66.4 Å². The van der Waals surface area contributed by atoms with Crippen molar-refractivity contribution in [3.63, 3.8) is 0 Å². The Hall–Kier alpha value is -0.460. The minimum Gasteiger partial charge on any atom is -0.278 e. The summed E-state index contributed by atoms with van der Waals surface area (Å²) in [7, 11) is -3.77. The molecular formula is C12H7BrCl3NO2S. The first kappa shape index (κ1) is 15.9. The van der Waals surface area contributed by atoms with Gasteiger partial charge in [0, 0.05) is 4.47 Å². The summed E-state index contributed by atoms with van der Waals surface area (Å²) in [6.45, 7) is 0. The van der Waals surface area contributed by atoms with Crippen LogP contribution in [0.3, 0.4) is 0 Å². The van der Waals surface area contributed by atoms with E-state index < -0.39 is 10.0 Å². The van der Waals surface area contributed by atoms with E-state index in [1.165, 1.54) is 24.3 Å². The van der Waals surface area contributed by atoms with E-state index in [1.807, 2.05) is 0 Å². The van der Waals surface area contributed by atoms with Crippen LogP contribution in [0.2, 0.25) is 15.1 Å². The van der Waals surface area contributed by atoms with Gasteiger partial charge in [0.1, 0.15) is 0 Å². The van der Waals surface area contributed by atoms with Gasteiger partial charge in [0.15, 0.2) is 0 Å². The molecule has 0 aliphatic rings. The van der Waals surface area contributed by atoms with E-state index in [4.69, 9.17) is 34.8 Å². The zero-order valence-electron chi connectivity index (χ0n) is 9.70. The third kappa shape index (κ3) is 3.40. The molecule has 0 bridgehead atoms. The maximum atomic E-state index is 12.3. The molecule has 0 saturated heterocycles. The highest BCUT2D eigenvalue weighted by Gasteiger charge is 2.17. The monoisotopic (exact) mass is 413 g/mol. The van der Waals surface area contributed by atoms with Crippen LogP contribution in [0, 0.1) is 0 Å². The molecule has 2 rings (SSSR count). The Bertz CT molecular complexity index is 765. The van der Waals surface area contributed by atoms with E-state index in [9.17, 15) is 8.42 Å². The Morgan fingerprint density at radius 1 is 1.00 bits per heavy atom. The molecule has 0 spiro atoms. The standard InChI is InChI=1S/C12H7BrCl3NO2S/c13-8-6-7(4-5-9(8)14)20(18,19)17-11-3-1-2-10(15)12(11)16/h1-6,17H. The number of hydrogen-bond acceptors (Lipinski definition) is 2. The second-order valence-corrected chi connectivity index (χ2v) is 7.51. The molecule has 2 aromatic carbocycles. The van der Waals surface area contributed by atoms with Crippen molar-refractivity contribution in [3.05, 3.63) is 55.9 Å². The Kier molecular flexibility index (Phi) is 4.87. The Labute approximate surface area is 140 Å².